The third-order valence-corrected chi connectivity index (χ3v) is 14.5. The molecule has 0 fully saturated rings. The molecule has 2 atom stereocenters. The van der Waals surface area contributed by atoms with Gasteiger partial charge in [-0.25, -0.2) is 0 Å². The molecular weight excluding hydrogens is 1150 g/mol. The second-order valence-electron chi connectivity index (χ2n) is 24.4. The molecule has 0 aromatic rings. The van der Waals surface area contributed by atoms with Crippen molar-refractivity contribution in [3.8, 4) is 0 Å². The van der Waals surface area contributed by atoms with Crippen LogP contribution in [0.3, 0.4) is 0 Å². The van der Waals surface area contributed by atoms with Crippen molar-refractivity contribution in [2.75, 3.05) is 47.5 Å². The highest BCUT2D eigenvalue weighted by Crippen LogP contribution is 2.15. The fourth-order valence-electron chi connectivity index (χ4n) is 9.07. The third-order valence-electron chi connectivity index (χ3n) is 14.5. The normalized spacial score (nSPS) is 13.9. The Bertz CT molecular complexity index is 2280. The molecule has 520 valence electrons. The van der Waals surface area contributed by atoms with Crippen molar-refractivity contribution in [1.82, 2.24) is 0 Å². The molecule has 0 N–H and O–H groups in total. The summed E-state index contributed by atoms with van der Waals surface area (Å²) in [6.07, 6.45) is 109. The van der Waals surface area contributed by atoms with Crippen LogP contribution in [0.15, 0.2) is 207 Å². The van der Waals surface area contributed by atoms with Crippen molar-refractivity contribution in [2.24, 2.45) is 0 Å². The number of quaternary nitrogens is 1. The van der Waals surface area contributed by atoms with Gasteiger partial charge in [-0.2, -0.15) is 0 Å². The van der Waals surface area contributed by atoms with Crippen LogP contribution in [0.2, 0.25) is 0 Å². The summed E-state index contributed by atoms with van der Waals surface area (Å²) in [6, 6.07) is 0. The Kier molecular flexibility index (Phi) is 67.0. The molecule has 0 aliphatic carbocycles. The van der Waals surface area contributed by atoms with Gasteiger partial charge in [0.05, 0.1) is 40.3 Å². The molecule has 0 heterocycles. The summed E-state index contributed by atoms with van der Waals surface area (Å²) in [5.41, 5.74) is 0. The molecule has 0 spiro atoms. The van der Waals surface area contributed by atoms with Crippen molar-refractivity contribution in [1.29, 1.82) is 0 Å². The Balaban J connectivity index is 4.25. The zero-order valence-electron chi connectivity index (χ0n) is 59.3. The predicted molar refractivity (Wildman–Crippen MR) is 397 cm³/mol. The highest BCUT2D eigenvalue weighted by atomic mass is 16.7. The van der Waals surface area contributed by atoms with Gasteiger partial charge in [0, 0.05) is 12.8 Å². The predicted octanol–water partition coefficient (Wildman–Crippen LogP) is 21.8. The van der Waals surface area contributed by atoms with E-state index in [-0.39, 0.29) is 38.6 Å². The Morgan fingerprint density at radius 2 is 0.581 bits per heavy atom. The van der Waals surface area contributed by atoms with Crippen LogP contribution in [0.1, 0.15) is 245 Å². The summed E-state index contributed by atoms with van der Waals surface area (Å²) in [7, 11) is 5.91. The minimum absolute atomic E-state index is 0.132. The van der Waals surface area contributed by atoms with E-state index in [1.54, 1.807) is 0 Å². The van der Waals surface area contributed by atoms with E-state index in [0.717, 1.165) is 173 Å². The number of hydrogen-bond donors (Lipinski definition) is 0. The molecule has 0 saturated carbocycles. The molecule has 9 nitrogen and oxygen atoms in total. The van der Waals surface area contributed by atoms with Gasteiger partial charge in [-0.1, -0.05) is 291 Å². The van der Waals surface area contributed by atoms with Gasteiger partial charge in [0.2, 0.25) is 0 Å². The summed E-state index contributed by atoms with van der Waals surface area (Å²) >= 11 is 0. The summed E-state index contributed by atoms with van der Waals surface area (Å²) < 4.78 is 22.8. The zero-order chi connectivity index (χ0) is 67.5. The molecule has 0 aromatic carbocycles. The van der Waals surface area contributed by atoms with E-state index in [9.17, 15) is 19.5 Å². The van der Waals surface area contributed by atoms with E-state index in [2.05, 4.69) is 220 Å². The number of carboxylic acids is 1. The minimum Gasteiger partial charge on any atom is -0.545 e. The number of allylic oxidation sites excluding steroid dienone is 34. The number of nitrogens with zero attached hydrogens (tertiary/aromatic N) is 1. The van der Waals surface area contributed by atoms with Crippen molar-refractivity contribution in [3.05, 3.63) is 207 Å². The molecule has 0 bridgehead atoms. The van der Waals surface area contributed by atoms with Crippen LogP contribution in [-0.2, 0) is 33.3 Å². The number of unbranched alkanes of at least 4 members (excludes halogenated alkanes) is 15. The SMILES string of the molecule is CC/C=C\C/C=C\C/C=C\C/C=C\C/C=C\C/C=C\C/C=C\C/C=C\C/C=C\CCCCCCCCCC(=O)OC(COC(=O)CCCCCCCCCC/C=C\C/C=C\C/C=C\C/C=C\C/C=C\C/C=C\C/C=C\C/C=C\CC)COC(OCC[N+](C)(C)C)C(=O)[O-]. The highest BCUT2D eigenvalue weighted by molar-refractivity contribution is 5.70. The molecule has 0 rings (SSSR count). The number of rotatable bonds is 64. The van der Waals surface area contributed by atoms with Gasteiger partial charge < -0.3 is 33.3 Å². The van der Waals surface area contributed by atoms with Gasteiger partial charge in [0.25, 0.3) is 0 Å². The molecule has 93 heavy (non-hydrogen) atoms. The molecular formula is C84H131NO8. The van der Waals surface area contributed by atoms with Gasteiger partial charge in [-0.3, -0.25) is 9.59 Å². The first kappa shape index (κ1) is 86.9. The third kappa shape index (κ3) is 73.1. The van der Waals surface area contributed by atoms with Crippen LogP contribution in [0, 0.1) is 0 Å². The summed E-state index contributed by atoms with van der Waals surface area (Å²) in [5, 5.41) is 11.8. The monoisotopic (exact) mass is 1280 g/mol. The van der Waals surface area contributed by atoms with Crippen LogP contribution in [0.4, 0.5) is 0 Å². The van der Waals surface area contributed by atoms with Crippen molar-refractivity contribution >= 4 is 17.9 Å². The van der Waals surface area contributed by atoms with E-state index in [1.807, 2.05) is 21.1 Å². The fraction of sp³-hybridized carbons (Fsp3) is 0.560. The van der Waals surface area contributed by atoms with Gasteiger partial charge in [0.1, 0.15) is 13.2 Å². The molecule has 2 unspecified atom stereocenters. The summed E-state index contributed by atoms with van der Waals surface area (Å²) in [4.78, 5) is 37.5. The number of hydrogen-bond acceptors (Lipinski definition) is 8. The second kappa shape index (κ2) is 71.7. The lowest BCUT2D eigenvalue weighted by molar-refractivity contribution is -0.870. The lowest BCUT2D eigenvalue weighted by Gasteiger charge is -2.26. The number of carboxylic acid groups (broad SMARTS) is 1. The second-order valence-corrected chi connectivity index (χ2v) is 24.4. The van der Waals surface area contributed by atoms with Gasteiger partial charge in [0.15, 0.2) is 12.4 Å². The average Bonchev–Trinajstić information content (AvgIpc) is 3.74. The Morgan fingerprint density at radius 1 is 0.323 bits per heavy atom. The van der Waals surface area contributed by atoms with Crippen LogP contribution in [0.5, 0.6) is 0 Å². The molecule has 0 aliphatic heterocycles. The Morgan fingerprint density at radius 3 is 0.860 bits per heavy atom. The lowest BCUT2D eigenvalue weighted by Crippen LogP contribution is -2.44. The maximum atomic E-state index is 12.9. The highest BCUT2D eigenvalue weighted by Gasteiger charge is 2.22. The smallest absolute Gasteiger partial charge is 0.306 e. The summed E-state index contributed by atoms with van der Waals surface area (Å²) in [6.45, 7) is 4.47. The Hall–Kier alpha value is -6.13. The van der Waals surface area contributed by atoms with Crippen molar-refractivity contribution < 1.29 is 42.9 Å². The van der Waals surface area contributed by atoms with Crippen LogP contribution in [-0.4, -0.2) is 82.3 Å². The van der Waals surface area contributed by atoms with Crippen LogP contribution < -0.4 is 5.11 Å². The Labute approximate surface area is 569 Å². The van der Waals surface area contributed by atoms with Crippen LogP contribution >= 0.6 is 0 Å². The van der Waals surface area contributed by atoms with Gasteiger partial charge in [-0.05, 0) is 148 Å². The van der Waals surface area contributed by atoms with E-state index in [0.29, 0.717) is 17.4 Å². The molecule has 0 amide bonds. The zero-order valence-corrected chi connectivity index (χ0v) is 59.3. The van der Waals surface area contributed by atoms with E-state index < -0.39 is 24.3 Å². The number of likely N-dealkylation sites (N-methyl/N-ethyl adjacent to an activating group) is 1. The van der Waals surface area contributed by atoms with Crippen molar-refractivity contribution in [2.45, 2.75) is 257 Å². The standard InChI is InChI=1S/C84H131NO8/c1-6-8-10-12-14-16-18-20-22-24-26-28-30-32-34-36-38-40-41-43-45-47-49-51-53-55-57-59-61-63-65-67-69-71-73-75-82(87)93-80(79-92-84(83(88)89)90-77-76-85(3,4)5)78-91-81(86)74-72-70-68-66-64-62-60-58-56-54-52-50-48-46-44-42-39-37-35-33-31-29-27-25-23-21-19-17-15-13-11-9-7-2/h8-11,14-17,20-23,26-29,32-35,38-40,42-43,45-46,48-49,51-52,54-55,57,80,84H,6-7,12-13,18-19,24-25,30-31,36-37,41,44,47,50,53,56,58-79H2,1-5H3/b10-8-,11-9-,16-14-,17-15-,22-20-,23-21-,28-26-,29-27-,34-32-,35-33-,40-38-,42-39-,45-43-,48-46-,51-49-,54-52-,57-55-. The molecule has 0 saturated heterocycles. The van der Waals surface area contributed by atoms with E-state index in [1.165, 1.54) is 38.5 Å². The number of carbonyl (C=O) groups excluding carboxylic acids is 3. The first-order chi connectivity index (χ1) is 45.6. The molecule has 0 radical (unpaired) electrons. The fourth-order valence-corrected chi connectivity index (χ4v) is 9.07. The number of ether oxygens (including phenoxy) is 4. The molecule has 9 heteroatoms. The van der Waals surface area contributed by atoms with Crippen LogP contribution in [0.25, 0.3) is 0 Å². The molecule has 0 aliphatic rings. The average molecular weight is 1280 g/mol. The topological polar surface area (TPSA) is 111 Å². The van der Waals surface area contributed by atoms with Crippen molar-refractivity contribution in [3.63, 3.8) is 0 Å². The first-order valence-corrected chi connectivity index (χ1v) is 36.2. The first-order valence-electron chi connectivity index (χ1n) is 36.2. The largest absolute Gasteiger partial charge is 0.545 e. The van der Waals surface area contributed by atoms with E-state index >= 15 is 0 Å². The van der Waals surface area contributed by atoms with Gasteiger partial charge in [-0.15, -0.1) is 0 Å². The number of aliphatic carboxylic acids is 1. The quantitative estimate of drug-likeness (QED) is 0.0195. The maximum absolute atomic E-state index is 12.9. The lowest BCUT2D eigenvalue weighted by atomic mass is 10.1. The minimum atomic E-state index is -1.64. The number of carbonyl (C=O) groups is 3. The molecule has 0 aromatic heterocycles. The number of esters is 2. The van der Waals surface area contributed by atoms with E-state index in [4.69, 9.17) is 18.9 Å². The van der Waals surface area contributed by atoms with Gasteiger partial charge >= 0.3 is 11.9 Å². The summed E-state index contributed by atoms with van der Waals surface area (Å²) in [5.74, 6) is -2.33. The maximum Gasteiger partial charge on any atom is 0.306 e.